The van der Waals surface area contributed by atoms with E-state index in [1.807, 2.05) is 0 Å². The molecule has 0 unspecified atom stereocenters. The van der Waals surface area contributed by atoms with Crippen LogP contribution in [0, 0.1) is 0 Å². The third-order valence-electron chi connectivity index (χ3n) is 3.37. The SMILES string of the molecule is CCOC(=O)c1ccc(-[n+]2noc([O-])c2-c2ccc(O)cc2)cc1. The summed E-state index contributed by atoms with van der Waals surface area (Å²) in [5.74, 6) is -0.930. The molecular formula is C17H14N2O5. The van der Waals surface area contributed by atoms with Gasteiger partial charge in [0.1, 0.15) is 5.75 Å². The summed E-state index contributed by atoms with van der Waals surface area (Å²) in [5.41, 5.74) is 1.72. The highest BCUT2D eigenvalue weighted by atomic mass is 16.6. The van der Waals surface area contributed by atoms with E-state index in [1.54, 1.807) is 43.3 Å². The molecule has 0 saturated carbocycles. The van der Waals surface area contributed by atoms with Crippen LogP contribution in [-0.2, 0) is 4.74 Å². The first-order chi connectivity index (χ1) is 11.6. The van der Waals surface area contributed by atoms with E-state index in [0.29, 0.717) is 23.4 Å². The van der Waals surface area contributed by atoms with Crippen molar-refractivity contribution in [2.45, 2.75) is 6.92 Å². The number of phenols is 1. The number of aromatic nitrogens is 2. The van der Waals surface area contributed by atoms with Crippen LogP contribution in [0.25, 0.3) is 16.9 Å². The van der Waals surface area contributed by atoms with Gasteiger partial charge in [0, 0.05) is 12.1 Å². The van der Waals surface area contributed by atoms with Crippen LogP contribution in [0.1, 0.15) is 17.3 Å². The van der Waals surface area contributed by atoms with Crippen molar-refractivity contribution in [3.63, 3.8) is 0 Å². The molecule has 0 spiro atoms. The standard InChI is InChI=1S/C17H13N2O5/c1-2-23-16(21)12-3-7-13(8-4-12)19-15(17(22)24-18-19)11-5-9-14(20)10-6-11/h3-10H,2H2,1H3/q-1/p+1. The lowest BCUT2D eigenvalue weighted by Crippen LogP contribution is -2.34. The normalized spacial score (nSPS) is 10.5. The molecule has 0 aliphatic carbocycles. The Bertz CT molecular complexity index is 854. The number of phenolic OH excluding ortho intramolecular Hbond substituents is 1. The van der Waals surface area contributed by atoms with E-state index in [0.717, 1.165) is 0 Å². The van der Waals surface area contributed by atoms with Crippen LogP contribution in [0.15, 0.2) is 53.1 Å². The van der Waals surface area contributed by atoms with Crippen LogP contribution >= 0.6 is 0 Å². The number of hydrogen-bond acceptors (Lipinski definition) is 6. The lowest BCUT2D eigenvalue weighted by atomic mass is 10.1. The molecule has 1 N–H and O–H groups in total. The second kappa shape index (κ2) is 6.41. The summed E-state index contributed by atoms with van der Waals surface area (Å²) in [4.78, 5) is 11.7. The predicted octanol–water partition coefficient (Wildman–Crippen LogP) is 1.57. The zero-order valence-corrected chi connectivity index (χ0v) is 12.8. The maximum Gasteiger partial charge on any atom is 0.338 e. The Morgan fingerprint density at radius 2 is 1.88 bits per heavy atom. The van der Waals surface area contributed by atoms with Gasteiger partial charge in [-0.15, -0.1) is 0 Å². The number of ether oxygens (including phenoxy) is 1. The van der Waals surface area contributed by atoms with Crippen LogP contribution in [0.4, 0.5) is 0 Å². The number of aromatic hydroxyl groups is 1. The van der Waals surface area contributed by atoms with Gasteiger partial charge in [-0.05, 0) is 48.0 Å². The van der Waals surface area contributed by atoms with Gasteiger partial charge < -0.3 is 19.5 Å². The first-order valence-corrected chi connectivity index (χ1v) is 7.26. The number of nitrogens with zero attached hydrogens (tertiary/aromatic N) is 2. The third kappa shape index (κ3) is 2.91. The molecule has 1 aromatic heterocycles. The number of carbonyl (C=O) groups excluding carboxylic acids is 1. The molecule has 0 bridgehead atoms. The Balaban J connectivity index is 1.99. The Morgan fingerprint density at radius 3 is 2.50 bits per heavy atom. The van der Waals surface area contributed by atoms with E-state index in [9.17, 15) is 15.0 Å². The molecule has 0 fully saturated rings. The summed E-state index contributed by atoms with van der Waals surface area (Å²) >= 11 is 0. The second-order valence-electron chi connectivity index (χ2n) is 4.94. The smallest absolute Gasteiger partial charge is 0.338 e. The van der Waals surface area contributed by atoms with Crippen molar-refractivity contribution in [1.82, 2.24) is 5.27 Å². The molecule has 122 valence electrons. The molecule has 3 aromatic rings. The summed E-state index contributed by atoms with van der Waals surface area (Å²) < 4.78 is 11.0. The van der Waals surface area contributed by atoms with Gasteiger partial charge in [0.05, 0.1) is 23.0 Å². The van der Waals surface area contributed by atoms with Gasteiger partial charge in [-0.25, -0.2) is 4.79 Å². The van der Waals surface area contributed by atoms with E-state index >= 15 is 0 Å². The first-order valence-electron chi connectivity index (χ1n) is 7.26. The molecule has 0 atom stereocenters. The summed E-state index contributed by atoms with van der Waals surface area (Å²) in [6, 6.07) is 12.6. The Morgan fingerprint density at radius 1 is 1.21 bits per heavy atom. The van der Waals surface area contributed by atoms with Crippen LogP contribution < -0.4 is 9.79 Å². The maximum absolute atomic E-state index is 12.0. The van der Waals surface area contributed by atoms with Gasteiger partial charge in [-0.1, -0.05) is 0 Å². The highest BCUT2D eigenvalue weighted by molar-refractivity contribution is 5.89. The molecule has 0 saturated heterocycles. The summed E-state index contributed by atoms with van der Waals surface area (Å²) in [6.45, 7) is 2.03. The fourth-order valence-corrected chi connectivity index (χ4v) is 2.24. The average molecular weight is 326 g/mol. The van der Waals surface area contributed by atoms with Gasteiger partial charge in [0.25, 0.3) is 5.69 Å². The van der Waals surface area contributed by atoms with Crippen LogP contribution in [0.2, 0.25) is 0 Å². The van der Waals surface area contributed by atoms with Crippen molar-refractivity contribution in [3.8, 4) is 28.6 Å². The number of esters is 1. The highest BCUT2D eigenvalue weighted by Crippen LogP contribution is 2.25. The zero-order chi connectivity index (χ0) is 17.1. The third-order valence-corrected chi connectivity index (χ3v) is 3.37. The number of rotatable bonds is 4. The molecule has 0 amide bonds. The topological polar surface area (TPSA) is 99.5 Å². The molecule has 7 heteroatoms. The molecule has 3 rings (SSSR count). The summed E-state index contributed by atoms with van der Waals surface area (Å²) in [6.07, 6.45) is 0. The van der Waals surface area contributed by atoms with Crippen molar-refractivity contribution in [2.24, 2.45) is 0 Å². The van der Waals surface area contributed by atoms with Crippen molar-refractivity contribution >= 4 is 5.97 Å². The quantitative estimate of drug-likeness (QED) is 0.577. The molecule has 0 radical (unpaired) electrons. The van der Waals surface area contributed by atoms with E-state index in [-0.39, 0.29) is 11.4 Å². The number of carbonyl (C=O) groups is 1. The monoisotopic (exact) mass is 326 g/mol. The summed E-state index contributed by atoms with van der Waals surface area (Å²) in [7, 11) is 0. The molecule has 7 nitrogen and oxygen atoms in total. The molecule has 2 aromatic carbocycles. The number of hydrogen-bond donors (Lipinski definition) is 1. The molecule has 24 heavy (non-hydrogen) atoms. The van der Waals surface area contributed by atoms with Gasteiger partial charge in [-0.3, -0.25) is 0 Å². The van der Waals surface area contributed by atoms with Crippen LogP contribution in [0.5, 0.6) is 11.7 Å². The lowest BCUT2D eigenvalue weighted by Gasteiger charge is -2.02. The van der Waals surface area contributed by atoms with Gasteiger partial charge in [0.15, 0.2) is 5.95 Å². The van der Waals surface area contributed by atoms with E-state index in [1.165, 1.54) is 16.8 Å². The first kappa shape index (κ1) is 15.5. The largest absolute Gasteiger partial charge is 0.539 e. The fourth-order valence-electron chi connectivity index (χ4n) is 2.24. The lowest BCUT2D eigenvalue weighted by molar-refractivity contribution is -0.660. The van der Waals surface area contributed by atoms with Crippen molar-refractivity contribution in [3.05, 3.63) is 54.1 Å². The molecule has 1 heterocycles. The average Bonchev–Trinajstić information content (AvgIpc) is 2.98. The molecule has 0 aliphatic heterocycles. The van der Waals surface area contributed by atoms with E-state index < -0.39 is 11.9 Å². The zero-order valence-electron chi connectivity index (χ0n) is 12.8. The van der Waals surface area contributed by atoms with Gasteiger partial charge in [-0.2, -0.15) is 0 Å². The Hall–Kier alpha value is -3.35. The minimum Gasteiger partial charge on any atom is -0.539 e. The number of benzene rings is 2. The predicted molar refractivity (Wildman–Crippen MR) is 80.5 cm³/mol. The second-order valence-corrected chi connectivity index (χ2v) is 4.94. The molecular weight excluding hydrogens is 312 g/mol. The van der Waals surface area contributed by atoms with E-state index in [2.05, 4.69) is 5.27 Å². The van der Waals surface area contributed by atoms with E-state index in [4.69, 9.17) is 9.26 Å². The minimum absolute atomic E-state index is 0.0907. The minimum atomic E-state index is -0.602. The van der Waals surface area contributed by atoms with Crippen molar-refractivity contribution in [1.29, 1.82) is 0 Å². The van der Waals surface area contributed by atoms with Gasteiger partial charge in [0.2, 0.25) is 5.69 Å². The van der Waals surface area contributed by atoms with Gasteiger partial charge >= 0.3 is 5.97 Å². The van der Waals surface area contributed by atoms with Crippen LogP contribution in [0.3, 0.4) is 0 Å². The molecule has 0 aliphatic rings. The van der Waals surface area contributed by atoms with Crippen LogP contribution in [-0.4, -0.2) is 23.0 Å². The Kier molecular flexibility index (Phi) is 4.15. The fraction of sp³-hybridized carbons (Fsp3) is 0.118. The summed E-state index contributed by atoms with van der Waals surface area (Å²) in [5, 5.41) is 25.1. The Labute approximate surface area is 137 Å². The highest BCUT2D eigenvalue weighted by Gasteiger charge is 2.22. The van der Waals surface area contributed by atoms with Crippen molar-refractivity contribution < 1.29 is 28.9 Å². The maximum atomic E-state index is 12.0. The van der Waals surface area contributed by atoms with Crippen molar-refractivity contribution in [2.75, 3.05) is 6.61 Å².